The van der Waals surface area contributed by atoms with Gasteiger partial charge in [0.2, 0.25) is 5.75 Å². The lowest BCUT2D eigenvalue weighted by atomic mass is 10.3. The summed E-state index contributed by atoms with van der Waals surface area (Å²) in [4.78, 5) is 4.10. The predicted octanol–water partition coefficient (Wildman–Crippen LogP) is 3.49. The van der Waals surface area contributed by atoms with E-state index in [2.05, 4.69) is 9.36 Å². The second-order valence-corrected chi connectivity index (χ2v) is 4.56. The second-order valence-electron chi connectivity index (χ2n) is 3.85. The smallest absolute Gasteiger partial charge is 0.298 e. The van der Waals surface area contributed by atoms with Crippen molar-refractivity contribution in [2.24, 2.45) is 0 Å². The Kier molecular flexibility index (Phi) is 2.51. The SMILES string of the molecule is Fc1cccc(F)c1Oc1nc(C2CC2)ns1. The van der Waals surface area contributed by atoms with Crippen molar-refractivity contribution in [2.45, 2.75) is 18.8 Å². The number of benzene rings is 1. The first-order valence-corrected chi connectivity index (χ1v) is 5.97. The van der Waals surface area contributed by atoms with Crippen LogP contribution in [0.4, 0.5) is 8.78 Å². The molecule has 1 saturated carbocycles. The zero-order valence-corrected chi connectivity index (χ0v) is 9.51. The van der Waals surface area contributed by atoms with E-state index in [1.807, 2.05) is 0 Å². The highest BCUT2D eigenvalue weighted by Crippen LogP contribution is 2.40. The average molecular weight is 254 g/mol. The Labute approximate surface area is 100 Å². The van der Waals surface area contributed by atoms with Gasteiger partial charge in [-0.25, -0.2) is 8.78 Å². The Hall–Kier alpha value is -1.56. The lowest BCUT2D eigenvalue weighted by Gasteiger charge is -2.02. The molecular weight excluding hydrogens is 246 g/mol. The summed E-state index contributed by atoms with van der Waals surface area (Å²) >= 11 is 1.01. The van der Waals surface area contributed by atoms with Crippen LogP contribution >= 0.6 is 11.5 Å². The number of ether oxygens (including phenoxy) is 1. The van der Waals surface area contributed by atoms with E-state index in [0.717, 1.165) is 36.5 Å². The molecule has 17 heavy (non-hydrogen) atoms. The maximum absolute atomic E-state index is 13.3. The largest absolute Gasteiger partial charge is 0.424 e. The highest BCUT2D eigenvalue weighted by atomic mass is 32.1. The van der Waals surface area contributed by atoms with E-state index in [1.165, 1.54) is 6.07 Å². The van der Waals surface area contributed by atoms with Gasteiger partial charge in [-0.3, -0.25) is 0 Å². The van der Waals surface area contributed by atoms with Gasteiger partial charge in [-0.1, -0.05) is 6.07 Å². The van der Waals surface area contributed by atoms with Gasteiger partial charge in [-0.15, -0.1) is 0 Å². The molecule has 3 rings (SSSR count). The molecule has 2 aromatic rings. The van der Waals surface area contributed by atoms with E-state index < -0.39 is 17.4 Å². The molecule has 0 spiro atoms. The number of nitrogens with zero attached hydrogens (tertiary/aromatic N) is 2. The monoisotopic (exact) mass is 254 g/mol. The van der Waals surface area contributed by atoms with E-state index in [-0.39, 0.29) is 5.19 Å². The predicted molar refractivity (Wildman–Crippen MR) is 58.3 cm³/mol. The molecule has 1 aromatic heterocycles. The Morgan fingerprint density at radius 2 is 1.94 bits per heavy atom. The molecule has 0 bridgehead atoms. The number of hydrogen-bond acceptors (Lipinski definition) is 4. The molecule has 0 radical (unpaired) electrons. The molecule has 6 heteroatoms. The van der Waals surface area contributed by atoms with Crippen LogP contribution in [0.2, 0.25) is 0 Å². The third-order valence-corrected chi connectivity index (χ3v) is 3.08. The van der Waals surface area contributed by atoms with Gasteiger partial charge in [0.15, 0.2) is 11.6 Å². The fraction of sp³-hybridized carbons (Fsp3) is 0.273. The highest BCUT2D eigenvalue weighted by Gasteiger charge is 2.28. The molecule has 1 heterocycles. The summed E-state index contributed by atoms with van der Waals surface area (Å²) in [5.41, 5.74) is 0. The molecule has 1 fully saturated rings. The maximum atomic E-state index is 13.3. The van der Waals surface area contributed by atoms with Crippen molar-refractivity contribution in [3.05, 3.63) is 35.7 Å². The molecule has 1 aliphatic carbocycles. The van der Waals surface area contributed by atoms with E-state index >= 15 is 0 Å². The number of halogens is 2. The Morgan fingerprint density at radius 3 is 2.59 bits per heavy atom. The van der Waals surface area contributed by atoms with Crippen LogP contribution in [0.1, 0.15) is 24.6 Å². The van der Waals surface area contributed by atoms with Gasteiger partial charge in [-0.2, -0.15) is 9.36 Å². The molecule has 0 amide bonds. The molecular formula is C11H8F2N2OS. The molecule has 0 atom stereocenters. The number of hydrogen-bond donors (Lipinski definition) is 0. The zero-order valence-electron chi connectivity index (χ0n) is 8.69. The summed E-state index contributed by atoms with van der Waals surface area (Å²) in [5.74, 6) is -0.803. The van der Waals surface area contributed by atoms with Gasteiger partial charge in [0.05, 0.1) is 0 Å². The topological polar surface area (TPSA) is 35.0 Å². The lowest BCUT2D eigenvalue weighted by Crippen LogP contribution is -1.92. The Balaban J connectivity index is 1.85. The van der Waals surface area contributed by atoms with Crippen molar-refractivity contribution in [2.75, 3.05) is 0 Å². The normalized spacial score (nSPS) is 14.9. The fourth-order valence-corrected chi connectivity index (χ4v) is 2.05. The minimum Gasteiger partial charge on any atom is -0.424 e. The summed E-state index contributed by atoms with van der Waals surface area (Å²) in [7, 11) is 0. The average Bonchev–Trinajstić information content (AvgIpc) is 3.05. The van der Waals surface area contributed by atoms with Gasteiger partial charge in [0, 0.05) is 17.5 Å². The van der Waals surface area contributed by atoms with Crippen LogP contribution in [0.5, 0.6) is 10.9 Å². The summed E-state index contributed by atoms with van der Waals surface area (Å²) in [6.07, 6.45) is 2.15. The van der Waals surface area contributed by atoms with Crippen molar-refractivity contribution >= 4 is 11.5 Å². The quantitative estimate of drug-likeness (QED) is 0.841. The third kappa shape index (κ3) is 2.12. The molecule has 88 valence electrons. The van der Waals surface area contributed by atoms with E-state index in [9.17, 15) is 8.78 Å². The molecule has 0 N–H and O–H groups in total. The number of rotatable bonds is 3. The maximum Gasteiger partial charge on any atom is 0.298 e. The van der Waals surface area contributed by atoms with Crippen molar-refractivity contribution in [1.82, 2.24) is 9.36 Å². The molecule has 0 aliphatic heterocycles. The second kappa shape index (κ2) is 4.03. The minimum atomic E-state index is -0.742. The fourth-order valence-electron chi connectivity index (χ4n) is 1.44. The van der Waals surface area contributed by atoms with E-state index in [0.29, 0.717) is 11.7 Å². The van der Waals surface area contributed by atoms with Gasteiger partial charge in [0.1, 0.15) is 5.82 Å². The van der Waals surface area contributed by atoms with Crippen LogP contribution in [-0.2, 0) is 0 Å². The molecule has 1 aliphatic rings. The summed E-state index contributed by atoms with van der Waals surface area (Å²) in [5, 5.41) is 0.177. The number of aromatic nitrogens is 2. The molecule has 0 saturated heterocycles. The Bertz CT molecular complexity index is 534. The van der Waals surface area contributed by atoms with Crippen molar-refractivity contribution in [1.29, 1.82) is 0 Å². The van der Waals surface area contributed by atoms with Gasteiger partial charge < -0.3 is 4.74 Å². The number of para-hydroxylation sites is 1. The van der Waals surface area contributed by atoms with Crippen LogP contribution in [0, 0.1) is 11.6 Å². The third-order valence-electron chi connectivity index (χ3n) is 2.47. The van der Waals surface area contributed by atoms with Crippen LogP contribution in [0.25, 0.3) is 0 Å². The molecule has 0 unspecified atom stereocenters. The Morgan fingerprint density at radius 1 is 1.24 bits per heavy atom. The van der Waals surface area contributed by atoms with Crippen LogP contribution in [0.3, 0.4) is 0 Å². The van der Waals surface area contributed by atoms with Crippen LogP contribution in [0.15, 0.2) is 18.2 Å². The summed E-state index contributed by atoms with van der Waals surface area (Å²) in [6, 6.07) is 3.57. The standard InChI is InChI=1S/C11H8F2N2OS/c12-7-2-1-3-8(13)9(7)16-11-14-10(15-17-11)6-4-5-6/h1-3,6H,4-5H2. The molecule has 1 aromatic carbocycles. The first kappa shape index (κ1) is 10.6. The van der Waals surface area contributed by atoms with Crippen molar-refractivity contribution in [3.63, 3.8) is 0 Å². The van der Waals surface area contributed by atoms with E-state index in [1.54, 1.807) is 0 Å². The summed E-state index contributed by atoms with van der Waals surface area (Å²) < 4.78 is 35.8. The van der Waals surface area contributed by atoms with Crippen LogP contribution < -0.4 is 4.74 Å². The molecule has 3 nitrogen and oxygen atoms in total. The lowest BCUT2D eigenvalue weighted by molar-refractivity contribution is 0.404. The highest BCUT2D eigenvalue weighted by molar-refractivity contribution is 7.07. The minimum absolute atomic E-state index is 0.177. The van der Waals surface area contributed by atoms with Gasteiger partial charge in [0.25, 0.3) is 5.19 Å². The zero-order chi connectivity index (χ0) is 11.8. The van der Waals surface area contributed by atoms with Crippen molar-refractivity contribution < 1.29 is 13.5 Å². The van der Waals surface area contributed by atoms with Crippen LogP contribution in [-0.4, -0.2) is 9.36 Å². The summed E-state index contributed by atoms with van der Waals surface area (Å²) in [6.45, 7) is 0. The van der Waals surface area contributed by atoms with Gasteiger partial charge in [-0.05, 0) is 25.0 Å². The first-order chi connectivity index (χ1) is 8.24. The first-order valence-electron chi connectivity index (χ1n) is 5.19. The van der Waals surface area contributed by atoms with Crippen molar-refractivity contribution in [3.8, 4) is 10.9 Å². The van der Waals surface area contributed by atoms with E-state index in [4.69, 9.17) is 4.74 Å². The van der Waals surface area contributed by atoms with Gasteiger partial charge >= 0.3 is 0 Å².